The van der Waals surface area contributed by atoms with Crippen molar-refractivity contribution >= 4 is 34.4 Å². The Hall–Kier alpha value is -1.26. The van der Waals surface area contributed by atoms with Gasteiger partial charge in [-0.15, -0.1) is 0 Å². The molecule has 3 aromatic rings. The summed E-state index contributed by atoms with van der Waals surface area (Å²) in [6, 6.07) is 20.4. The van der Waals surface area contributed by atoms with Crippen LogP contribution in [0.4, 0.5) is 0 Å². The highest BCUT2D eigenvalue weighted by molar-refractivity contribution is 14.1. The lowest BCUT2D eigenvalue weighted by molar-refractivity contribution is 0.680. The molecule has 0 nitrogen and oxygen atoms in total. The summed E-state index contributed by atoms with van der Waals surface area (Å²) in [5, 5.41) is 0. The van der Waals surface area contributed by atoms with Gasteiger partial charge in [0, 0.05) is 18.9 Å². The molecule has 0 spiro atoms. The van der Waals surface area contributed by atoms with Crippen LogP contribution in [0.5, 0.6) is 0 Å². The maximum absolute atomic E-state index is 2.58. The van der Waals surface area contributed by atoms with Crippen molar-refractivity contribution in [3.63, 3.8) is 0 Å². The molecule has 142 valence electrons. The summed E-state index contributed by atoms with van der Waals surface area (Å²) in [6.45, 7) is 0. The minimum absolute atomic E-state index is 1.23. The standard InChI is InChI=1S/C26H25IS/c27-23-16-14-18-8-4-6-12-21(18)25(23)26-22-13-7-5-9-19(22)15-17-24(26)28-20-10-2-1-3-11-20/h1-3,10-11,14-17H,4-9,12-13H2. The van der Waals surface area contributed by atoms with Crippen molar-refractivity contribution in [3.8, 4) is 11.1 Å². The smallest absolute Gasteiger partial charge is 0.0212 e. The predicted molar refractivity (Wildman–Crippen MR) is 128 cm³/mol. The molecule has 0 amide bonds. The number of fused-ring (bicyclic) bond motifs is 2. The van der Waals surface area contributed by atoms with Gasteiger partial charge in [-0.25, -0.2) is 0 Å². The monoisotopic (exact) mass is 496 g/mol. The van der Waals surface area contributed by atoms with Crippen LogP contribution in [0.15, 0.2) is 64.4 Å². The normalized spacial score (nSPS) is 15.8. The van der Waals surface area contributed by atoms with Crippen LogP contribution in [0.2, 0.25) is 0 Å². The van der Waals surface area contributed by atoms with Gasteiger partial charge >= 0.3 is 0 Å². The van der Waals surface area contributed by atoms with E-state index >= 15 is 0 Å². The van der Waals surface area contributed by atoms with E-state index in [1.165, 1.54) is 64.7 Å². The van der Waals surface area contributed by atoms with Crippen LogP contribution in [0.3, 0.4) is 0 Å². The lowest BCUT2D eigenvalue weighted by Crippen LogP contribution is -2.10. The van der Waals surface area contributed by atoms with Gasteiger partial charge in [0.2, 0.25) is 0 Å². The second-order valence-corrected chi connectivity index (χ2v) is 10.2. The van der Waals surface area contributed by atoms with E-state index < -0.39 is 0 Å². The third kappa shape index (κ3) is 3.54. The molecular formula is C26H25IS. The number of hydrogen-bond acceptors (Lipinski definition) is 1. The molecule has 0 N–H and O–H groups in total. The van der Waals surface area contributed by atoms with E-state index in [0.29, 0.717) is 0 Å². The zero-order valence-corrected chi connectivity index (χ0v) is 19.1. The summed E-state index contributed by atoms with van der Waals surface area (Å²) in [7, 11) is 0. The Labute approximate surface area is 186 Å². The van der Waals surface area contributed by atoms with Crippen molar-refractivity contribution in [2.45, 2.75) is 61.2 Å². The molecule has 0 unspecified atom stereocenters. The van der Waals surface area contributed by atoms with Gasteiger partial charge in [-0.3, -0.25) is 0 Å². The zero-order valence-electron chi connectivity index (χ0n) is 16.1. The number of aryl methyl sites for hydroxylation is 2. The molecule has 0 aliphatic heterocycles. The fourth-order valence-corrected chi connectivity index (χ4v) is 6.64. The van der Waals surface area contributed by atoms with Crippen LogP contribution in [0, 0.1) is 3.57 Å². The molecule has 0 heterocycles. The van der Waals surface area contributed by atoms with Crippen LogP contribution < -0.4 is 0 Å². The van der Waals surface area contributed by atoms with E-state index in [0.717, 1.165) is 0 Å². The molecule has 0 atom stereocenters. The van der Waals surface area contributed by atoms with Gasteiger partial charge in [-0.2, -0.15) is 0 Å². The molecule has 0 saturated heterocycles. The fourth-order valence-electron chi connectivity index (χ4n) is 4.85. The van der Waals surface area contributed by atoms with Crippen molar-refractivity contribution in [1.82, 2.24) is 0 Å². The van der Waals surface area contributed by atoms with Crippen LogP contribution in [0.1, 0.15) is 47.9 Å². The van der Waals surface area contributed by atoms with Crippen molar-refractivity contribution in [1.29, 1.82) is 0 Å². The van der Waals surface area contributed by atoms with Gasteiger partial charge in [-0.1, -0.05) is 42.1 Å². The molecule has 2 heteroatoms. The molecule has 2 aliphatic carbocycles. The van der Waals surface area contributed by atoms with E-state index in [1.54, 1.807) is 33.4 Å². The Morgan fingerprint density at radius 3 is 1.93 bits per heavy atom. The molecular weight excluding hydrogens is 471 g/mol. The van der Waals surface area contributed by atoms with Crippen LogP contribution in [-0.2, 0) is 25.7 Å². The van der Waals surface area contributed by atoms with Crippen LogP contribution in [-0.4, -0.2) is 0 Å². The third-order valence-corrected chi connectivity index (χ3v) is 8.16. The van der Waals surface area contributed by atoms with Crippen molar-refractivity contribution in [2.24, 2.45) is 0 Å². The maximum atomic E-state index is 2.58. The number of benzene rings is 3. The molecule has 0 bridgehead atoms. The van der Waals surface area contributed by atoms with E-state index in [1.807, 2.05) is 11.8 Å². The minimum atomic E-state index is 1.23. The zero-order chi connectivity index (χ0) is 18.9. The molecule has 0 fully saturated rings. The van der Waals surface area contributed by atoms with Gasteiger partial charge in [0.1, 0.15) is 0 Å². The lowest BCUT2D eigenvalue weighted by Gasteiger charge is -2.27. The molecule has 2 aliphatic rings. The van der Waals surface area contributed by atoms with E-state index in [-0.39, 0.29) is 0 Å². The first-order valence-electron chi connectivity index (χ1n) is 10.5. The second kappa shape index (κ2) is 8.23. The first-order valence-corrected chi connectivity index (χ1v) is 12.4. The fraction of sp³-hybridized carbons (Fsp3) is 0.308. The number of rotatable bonds is 3. The number of hydrogen-bond donors (Lipinski definition) is 0. The van der Waals surface area contributed by atoms with Gasteiger partial charge < -0.3 is 0 Å². The summed E-state index contributed by atoms with van der Waals surface area (Å²) in [4.78, 5) is 2.77. The Morgan fingerprint density at radius 1 is 0.607 bits per heavy atom. The summed E-state index contributed by atoms with van der Waals surface area (Å²) < 4.78 is 1.42. The highest BCUT2D eigenvalue weighted by atomic mass is 127. The highest BCUT2D eigenvalue weighted by Crippen LogP contribution is 2.45. The Morgan fingerprint density at radius 2 is 1.21 bits per heavy atom. The average molecular weight is 496 g/mol. The highest BCUT2D eigenvalue weighted by Gasteiger charge is 2.24. The topological polar surface area (TPSA) is 0 Å². The molecule has 0 aromatic heterocycles. The molecule has 3 aromatic carbocycles. The van der Waals surface area contributed by atoms with Gasteiger partial charge in [0.15, 0.2) is 0 Å². The van der Waals surface area contributed by atoms with Crippen LogP contribution >= 0.6 is 34.4 Å². The lowest BCUT2D eigenvalue weighted by atomic mass is 9.81. The predicted octanol–water partition coefficient (Wildman–Crippen LogP) is 7.87. The van der Waals surface area contributed by atoms with Crippen molar-refractivity contribution in [2.75, 3.05) is 0 Å². The van der Waals surface area contributed by atoms with E-state index in [9.17, 15) is 0 Å². The van der Waals surface area contributed by atoms with Crippen molar-refractivity contribution in [3.05, 3.63) is 80.4 Å². The van der Waals surface area contributed by atoms with Crippen LogP contribution in [0.25, 0.3) is 11.1 Å². The largest absolute Gasteiger partial charge is 0.0894 e. The SMILES string of the molecule is Ic1ccc2c(c1-c1c(Sc3ccccc3)ccc3c1CCCC3)CCCC2. The van der Waals surface area contributed by atoms with Gasteiger partial charge in [0.25, 0.3) is 0 Å². The minimum Gasteiger partial charge on any atom is -0.0894 e. The van der Waals surface area contributed by atoms with Gasteiger partial charge in [0.05, 0.1) is 0 Å². The van der Waals surface area contributed by atoms with Gasteiger partial charge in [-0.05, 0) is 126 Å². The summed E-state index contributed by atoms with van der Waals surface area (Å²) in [6.07, 6.45) is 10.3. The van der Waals surface area contributed by atoms with Crippen molar-refractivity contribution < 1.29 is 0 Å². The summed E-state index contributed by atoms with van der Waals surface area (Å²) in [5.74, 6) is 0. The van der Waals surface area contributed by atoms with E-state index in [4.69, 9.17) is 0 Å². The first kappa shape index (κ1) is 18.7. The molecule has 0 radical (unpaired) electrons. The third-order valence-electron chi connectivity index (χ3n) is 6.20. The van der Waals surface area contributed by atoms with E-state index in [2.05, 4.69) is 77.2 Å². The average Bonchev–Trinajstić information content (AvgIpc) is 2.75. The molecule has 5 rings (SSSR count). The summed E-state index contributed by atoms with van der Waals surface area (Å²) >= 11 is 4.52. The second-order valence-electron chi connectivity index (χ2n) is 7.97. The Balaban J connectivity index is 1.74. The Bertz CT molecular complexity index is 1010. The molecule has 28 heavy (non-hydrogen) atoms. The summed E-state index contributed by atoms with van der Waals surface area (Å²) in [5.41, 5.74) is 9.54. The molecule has 0 saturated carbocycles. The Kier molecular flexibility index (Phi) is 5.51. The number of halogens is 1. The quantitative estimate of drug-likeness (QED) is 0.333. The maximum Gasteiger partial charge on any atom is 0.0212 e. The first-order chi connectivity index (χ1) is 13.8.